The molecule has 0 bridgehead atoms. The highest BCUT2D eigenvalue weighted by molar-refractivity contribution is 5.09. The third kappa shape index (κ3) is 1.91. The standard InChI is InChI=1S/C9H19N3/c1-4-9(6-10-5-2)7-11-8(3)12-9/h10-12H,3-7H2,1-2H3. The molecule has 0 aromatic rings. The summed E-state index contributed by atoms with van der Waals surface area (Å²) in [6, 6.07) is 0. The maximum absolute atomic E-state index is 3.86. The lowest BCUT2D eigenvalue weighted by molar-refractivity contribution is 0.370. The van der Waals surface area contributed by atoms with Crippen LogP contribution in [-0.2, 0) is 0 Å². The second kappa shape index (κ2) is 3.81. The molecule has 0 aliphatic carbocycles. The molecule has 0 saturated carbocycles. The van der Waals surface area contributed by atoms with Gasteiger partial charge in [-0.1, -0.05) is 20.4 Å². The second-order valence-electron chi connectivity index (χ2n) is 3.37. The Bertz CT molecular complexity index is 167. The minimum absolute atomic E-state index is 0.188. The van der Waals surface area contributed by atoms with Gasteiger partial charge in [0.05, 0.1) is 11.4 Å². The summed E-state index contributed by atoms with van der Waals surface area (Å²) >= 11 is 0. The number of likely N-dealkylation sites (N-methyl/N-ethyl adjacent to an activating group) is 1. The first kappa shape index (κ1) is 9.39. The first-order valence-electron chi connectivity index (χ1n) is 4.64. The molecule has 0 spiro atoms. The number of nitrogens with one attached hydrogen (secondary N) is 3. The molecule has 70 valence electrons. The Morgan fingerprint density at radius 2 is 2.33 bits per heavy atom. The van der Waals surface area contributed by atoms with Gasteiger partial charge in [0.25, 0.3) is 0 Å². The topological polar surface area (TPSA) is 36.1 Å². The van der Waals surface area contributed by atoms with Gasteiger partial charge in [-0.3, -0.25) is 0 Å². The van der Waals surface area contributed by atoms with Crippen molar-refractivity contribution in [1.82, 2.24) is 16.0 Å². The summed E-state index contributed by atoms with van der Waals surface area (Å²) < 4.78 is 0. The Morgan fingerprint density at radius 3 is 2.75 bits per heavy atom. The van der Waals surface area contributed by atoms with Gasteiger partial charge in [0.2, 0.25) is 0 Å². The van der Waals surface area contributed by atoms with E-state index in [1.54, 1.807) is 0 Å². The van der Waals surface area contributed by atoms with Gasteiger partial charge >= 0.3 is 0 Å². The second-order valence-corrected chi connectivity index (χ2v) is 3.37. The predicted octanol–water partition coefficient (Wildman–Crippen LogP) is 0.409. The fraction of sp³-hybridized carbons (Fsp3) is 0.778. The van der Waals surface area contributed by atoms with E-state index in [9.17, 15) is 0 Å². The van der Waals surface area contributed by atoms with Crippen LogP contribution in [0.1, 0.15) is 20.3 Å². The quantitative estimate of drug-likeness (QED) is 0.570. The molecule has 1 aliphatic heterocycles. The highest BCUT2D eigenvalue weighted by Crippen LogP contribution is 2.14. The lowest BCUT2D eigenvalue weighted by Gasteiger charge is -2.27. The van der Waals surface area contributed by atoms with E-state index >= 15 is 0 Å². The molecular formula is C9H19N3. The van der Waals surface area contributed by atoms with E-state index < -0.39 is 0 Å². The van der Waals surface area contributed by atoms with E-state index in [4.69, 9.17) is 0 Å². The summed E-state index contributed by atoms with van der Waals surface area (Å²) in [5, 5.41) is 9.97. The average Bonchev–Trinajstić information content (AvgIpc) is 2.45. The molecule has 1 unspecified atom stereocenters. The minimum atomic E-state index is 0.188. The van der Waals surface area contributed by atoms with Crippen LogP contribution in [0.5, 0.6) is 0 Å². The smallest absolute Gasteiger partial charge is 0.0918 e. The van der Waals surface area contributed by atoms with E-state index in [1.165, 1.54) is 0 Å². The summed E-state index contributed by atoms with van der Waals surface area (Å²) in [5.74, 6) is 0.953. The first-order chi connectivity index (χ1) is 5.72. The largest absolute Gasteiger partial charge is 0.370 e. The van der Waals surface area contributed by atoms with Crippen LogP contribution in [0.4, 0.5) is 0 Å². The third-order valence-corrected chi connectivity index (χ3v) is 2.45. The van der Waals surface area contributed by atoms with Gasteiger partial charge in [0.15, 0.2) is 0 Å². The maximum Gasteiger partial charge on any atom is 0.0918 e. The lowest BCUT2D eigenvalue weighted by atomic mass is 9.98. The highest BCUT2D eigenvalue weighted by atomic mass is 15.2. The molecule has 1 rings (SSSR count). The fourth-order valence-corrected chi connectivity index (χ4v) is 1.49. The van der Waals surface area contributed by atoms with Crippen molar-refractivity contribution < 1.29 is 0 Å². The van der Waals surface area contributed by atoms with Crippen molar-refractivity contribution in [3.8, 4) is 0 Å². The van der Waals surface area contributed by atoms with Crippen LogP contribution in [0.15, 0.2) is 12.4 Å². The fourth-order valence-electron chi connectivity index (χ4n) is 1.49. The Kier molecular flexibility index (Phi) is 2.98. The average molecular weight is 169 g/mol. The van der Waals surface area contributed by atoms with Crippen molar-refractivity contribution in [2.45, 2.75) is 25.8 Å². The molecule has 1 fully saturated rings. The molecule has 3 heteroatoms. The van der Waals surface area contributed by atoms with E-state index in [2.05, 4.69) is 36.4 Å². The molecule has 1 atom stereocenters. The number of hydrogen-bond acceptors (Lipinski definition) is 3. The van der Waals surface area contributed by atoms with Crippen molar-refractivity contribution in [3.63, 3.8) is 0 Å². The molecule has 0 radical (unpaired) electrons. The van der Waals surface area contributed by atoms with Crippen molar-refractivity contribution in [2.24, 2.45) is 0 Å². The van der Waals surface area contributed by atoms with Crippen LogP contribution in [-0.4, -0.2) is 25.2 Å². The summed E-state index contributed by atoms with van der Waals surface area (Å²) in [6.07, 6.45) is 1.12. The Morgan fingerprint density at radius 1 is 1.58 bits per heavy atom. The van der Waals surface area contributed by atoms with Gasteiger partial charge < -0.3 is 16.0 Å². The summed E-state index contributed by atoms with van der Waals surface area (Å²) in [7, 11) is 0. The zero-order chi connectivity index (χ0) is 9.03. The van der Waals surface area contributed by atoms with Gasteiger partial charge in [0, 0.05) is 13.1 Å². The summed E-state index contributed by atoms with van der Waals surface area (Å²) in [4.78, 5) is 0. The van der Waals surface area contributed by atoms with Crippen molar-refractivity contribution in [1.29, 1.82) is 0 Å². The van der Waals surface area contributed by atoms with Gasteiger partial charge in [-0.05, 0) is 13.0 Å². The predicted molar refractivity (Wildman–Crippen MR) is 51.8 cm³/mol. The van der Waals surface area contributed by atoms with Crippen molar-refractivity contribution in [3.05, 3.63) is 12.4 Å². The van der Waals surface area contributed by atoms with E-state index in [0.717, 1.165) is 31.9 Å². The van der Waals surface area contributed by atoms with Crippen LogP contribution < -0.4 is 16.0 Å². The molecule has 0 aromatic heterocycles. The van der Waals surface area contributed by atoms with Crippen LogP contribution >= 0.6 is 0 Å². The lowest BCUT2D eigenvalue weighted by Crippen LogP contribution is -2.50. The number of rotatable bonds is 4. The van der Waals surface area contributed by atoms with Crippen molar-refractivity contribution >= 4 is 0 Å². The zero-order valence-corrected chi connectivity index (χ0v) is 8.04. The Balaban J connectivity index is 2.46. The Labute approximate surface area is 74.6 Å². The van der Waals surface area contributed by atoms with Crippen molar-refractivity contribution in [2.75, 3.05) is 19.6 Å². The monoisotopic (exact) mass is 169 g/mol. The molecule has 1 aliphatic rings. The van der Waals surface area contributed by atoms with E-state index in [0.29, 0.717) is 0 Å². The molecule has 0 amide bonds. The number of hydrogen-bond donors (Lipinski definition) is 3. The third-order valence-electron chi connectivity index (χ3n) is 2.45. The molecule has 3 nitrogen and oxygen atoms in total. The van der Waals surface area contributed by atoms with E-state index in [1.807, 2.05) is 0 Å². The van der Waals surface area contributed by atoms with E-state index in [-0.39, 0.29) is 5.54 Å². The first-order valence-corrected chi connectivity index (χ1v) is 4.64. The molecule has 12 heavy (non-hydrogen) atoms. The molecular weight excluding hydrogens is 150 g/mol. The summed E-state index contributed by atoms with van der Waals surface area (Å²) in [6.45, 7) is 11.2. The summed E-state index contributed by atoms with van der Waals surface area (Å²) in [5.41, 5.74) is 0.188. The Hall–Kier alpha value is -0.700. The normalized spacial score (nSPS) is 28.3. The van der Waals surface area contributed by atoms with Crippen LogP contribution in [0.3, 0.4) is 0 Å². The van der Waals surface area contributed by atoms with Gasteiger partial charge in [-0.2, -0.15) is 0 Å². The maximum atomic E-state index is 3.86. The molecule has 3 N–H and O–H groups in total. The highest BCUT2D eigenvalue weighted by Gasteiger charge is 2.32. The van der Waals surface area contributed by atoms with Crippen LogP contribution in [0.2, 0.25) is 0 Å². The zero-order valence-electron chi connectivity index (χ0n) is 8.04. The van der Waals surface area contributed by atoms with Gasteiger partial charge in [0.1, 0.15) is 0 Å². The molecule has 1 saturated heterocycles. The minimum Gasteiger partial charge on any atom is -0.370 e. The SMILES string of the molecule is C=C1NCC(CC)(CNCC)N1. The van der Waals surface area contributed by atoms with Crippen LogP contribution in [0, 0.1) is 0 Å². The molecule has 1 heterocycles. The molecule has 0 aromatic carbocycles. The van der Waals surface area contributed by atoms with Gasteiger partial charge in [-0.15, -0.1) is 0 Å². The van der Waals surface area contributed by atoms with Gasteiger partial charge in [-0.25, -0.2) is 0 Å². The van der Waals surface area contributed by atoms with Crippen LogP contribution in [0.25, 0.3) is 0 Å².